The topological polar surface area (TPSA) is 84.5 Å². The van der Waals surface area contributed by atoms with Gasteiger partial charge in [0.05, 0.1) is 18.0 Å². The number of rotatable bonds is 5. The molecule has 0 saturated heterocycles. The lowest BCUT2D eigenvalue weighted by Crippen LogP contribution is -2.34. The zero-order valence-corrected chi connectivity index (χ0v) is 15.3. The lowest BCUT2D eigenvalue weighted by Gasteiger charge is -2.22. The largest absolute Gasteiger partial charge is 0.444 e. The Morgan fingerprint density at radius 2 is 1.96 bits per heavy atom. The van der Waals surface area contributed by atoms with Crippen molar-refractivity contribution in [2.45, 2.75) is 39.3 Å². The molecule has 24 heavy (non-hydrogen) atoms. The van der Waals surface area contributed by atoms with Crippen molar-refractivity contribution in [1.82, 2.24) is 5.32 Å². The van der Waals surface area contributed by atoms with Crippen LogP contribution in [-0.4, -0.2) is 26.4 Å². The molecule has 6 nitrogen and oxygen atoms in total. The highest BCUT2D eigenvalue weighted by Gasteiger charge is 2.20. The first kappa shape index (κ1) is 20.0. The number of sulfonamides is 1. The highest BCUT2D eigenvalue weighted by Crippen LogP contribution is 2.27. The lowest BCUT2D eigenvalue weighted by atomic mass is 10.0. The van der Waals surface area contributed by atoms with Crippen molar-refractivity contribution in [3.8, 4) is 0 Å². The van der Waals surface area contributed by atoms with Gasteiger partial charge in [-0.25, -0.2) is 17.6 Å². The third kappa shape index (κ3) is 6.19. The van der Waals surface area contributed by atoms with Gasteiger partial charge in [-0.3, -0.25) is 4.72 Å². The van der Waals surface area contributed by atoms with Crippen molar-refractivity contribution in [1.29, 1.82) is 0 Å². The Balaban J connectivity index is 3.07. The Kier molecular flexibility index (Phi) is 5.99. The average molecular weight is 358 g/mol. The van der Waals surface area contributed by atoms with E-state index >= 15 is 0 Å². The van der Waals surface area contributed by atoms with Crippen molar-refractivity contribution in [2.24, 2.45) is 0 Å². The molecule has 0 heterocycles. The maximum Gasteiger partial charge on any atom is 0.408 e. The first-order chi connectivity index (χ1) is 10.8. The van der Waals surface area contributed by atoms with E-state index in [1.165, 1.54) is 6.08 Å². The van der Waals surface area contributed by atoms with E-state index in [1.54, 1.807) is 33.8 Å². The summed E-state index contributed by atoms with van der Waals surface area (Å²) in [5, 5.41) is 2.60. The molecule has 0 saturated carbocycles. The summed E-state index contributed by atoms with van der Waals surface area (Å²) in [5.41, 5.74) is -0.105. The third-order valence-corrected chi connectivity index (χ3v) is 3.46. The molecule has 0 aliphatic rings. The summed E-state index contributed by atoms with van der Waals surface area (Å²) in [6.45, 7) is 10.4. The van der Waals surface area contributed by atoms with Crippen LogP contribution in [-0.2, 0) is 14.8 Å². The van der Waals surface area contributed by atoms with Gasteiger partial charge in [0, 0.05) is 5.56 Å². The number of nitrogens with one attached hydrogen (secondary N) is 2. The predicted molar refractivity (Wildman–Crippen MR) is 92.7 cm³/mol. The molecule has 0 spiro atoms. The van der Waals surface area contributed by atoms with E-state index in [0.717, 1.165) is 12.3 Å². The summed E-state index contributed by atoms with van der Waals surface area (Å²) in [4.78, 5) is 11.8. The molecule has 1 unspecified atom stereocenters. The van der Waals surface area contributed by atoms with E-state index in [-0.39, 0.29) is 11.3 Å². The number of ether oxygens (including phenoxy) is 1. The van der Waals surface area contributed by atoms with Gasteiger partial charge in [-0.1, -0.05) is 12.7 Å². The van der Waals surface area contributed by atoms with Gasteiger partial charge in [0.25, 0.3) is 0 Å². The minimum Gasteiger partial charge on any atom is -0.444 e. The van der Waals surface area contributed by atoms with E-state index in [4.69, 9.17) is 4.74 Å². The van der Waals surface area contributed by atoms with Gasteiger partial charge in [0.1, 0.15) is 11.4 Å². The summed E-state index contributed by atoms with van der Waals surface area (Å²) in [6, 6.07) is 2.16. The quantitative estimate of drug-likeness (QED) is 0.844. The van der Waals surface area contributed by atoms with Crippen LogP contribution >= 0.6 is 0 Å². The average Bonchev–Trinajstić information content (AvgIpc) is 2.36. The fraction of sp³-hybridized carbons (Fsp3) is 0.438. The summed E-state index contributed by atoms with van der Waals surface area (Å²) in [7, 11) is -3.63. The molecule has 0 bridgehead atoms. The van der Waals surface area contributed by atoms with Gasteiger partial charge >= 0.3 is 6.09 Å². The summed E-state index contributed by atoms with van der Waals surface area (Å²) in [5.74, 6) is -0.759. The highest BCUT2D eigenvalue weighted by molar-refractivity contribution is 7.92. The fourth-order valence-electron chi connectivity index (χ4n) is 1.92. The number of anilines is 1. The van der Waals surface area contributed by atoms with Crippen LogP contribution in [0.3, 0.4) is 0 Å². The molecule has 0 aliphatic carbocycles. The van der Waals surface area contributed by atoms with Crippen molar-refractivity contribution < 1.29 is 22.3 Å². The minimum atomic E-state index is -3.63. The maximum absolute atomic E-state index is 14.3. The molecule has 0 aromatic heterocycles. The summed E-state index contributed by atoms with van der Waals surface area (Å²) < 4.78 is 44.2. The number of amides is 1. The minimum absolute atomic E-state index is 0.180. The third-order valence-electron chi connectivity index (χ3n) is 2.88. The van der Waals surface area contributed by atoms with Crippen molar-refractivity contribution >= 4 is 27.9 Å². The van der Waals surface area contributed by atoms with Gasteiger partial charge < -0.3 is 10.1 Å². The van der Waals surface area contributed by atoms with Gasteiger partial charge in [-0.05, 0) is 45.4 Å². The smallest absolute Gasteiger partial charge is 0.408 e. The molecule has 0 fully saturated rings. The van der Waals surface area contributed by atoms with Gasteiger partial charge in [0.15, 0.2) is 0 Å². The number of hydrogen-bond acceptors (Lipinski definition) is 4. The number of alkyl carbamates (subject to hydrolysis) is 1. The highest BCUT2D eigenvalue weighted by atomic mass is 32.2. The Morgan fingerprint density at radius 3 is 2.42 bits per heavy atom. The summed E-state index contributed by atoms with van der Waals surface area (Å²) in [6.07, 6.45) is 1.63. The number of carbonyl (C=O) groups excluding carboxylic acids is 1. The van der Waals surface area contributed by atoms with Crippen LogP contribution < -0.4 is 10.0 Å². The monoisotopic (exact) mass is 358 g/mol. The van der Waals surface area contributed by atoms with Crippen molar-refractivity contribution in [2.75, 3.05) is 11.0 Å². The summed E-state index contributed by atoms with van der Waals surface area (Å²) >= 11 is 0. The first-order valence-electron chi connectivity index (χ1n) is 7.25. The zero-order chi connectivity index (χ0) is 18.7. The molecule has 2 N–H and O–H groups in total. The molecule has 1 rings (SSSR count). The fourth-order valence-corrected chi connectivity index (χ4v) is 2.51. The van der Waals surface area contributed by atoms with Crippen molar-refractivity contribution in [3.63, 3.8) is 0 Å². The molecular weight excluding hydrogens is 335 g/mol. The molecule has 1 amide bonds. The Hall–Kier alpha value is -2.09. The molecular formula is C16H23FN2O4S. The Labute approximate surface area is 142 Å². The van der Waals surface area contributed by atoms with Gasteiger partial charge in [-0.15, -0.1) is 0 Å². The van der Waals surface area contributed by atoms with Crippen LogP contribution in [0.4, 0.5) is 14.9 Å². The second-order valence-electron chi connectivity index (χ2n) is 6.41. The molecule has 0 radical (unpaired) electrons. The van der Waals surface area contributed by atoms with Crippen LogP contribution in [0.15, 0.2) is 18.7 Å². The SMILES string of the molecule is C=Cc1cc(C(C)NC(=O)OC(C)(C)C)cc(F)c1NS(C)(=O)=O. The van der Waals surface area contributed by atoms with E-state index in [0.29, 0.717) is 5.56 Å². The molecule has 8 heteroatoms. The van der Waals surface area contributed by atoms with Crippen LogP contribution in [0.25, 0.3) is 6.08 Å². The second-order valence-corrected chi connectivity index (χ2v) is 8.16. The van der Waals surface area contributed by atoms with Crippen LogP contribution in [0.1, 0.15) is 44.9 Å². The zero-order valence-electron chi connectivity index (χ0n) is 14.4. The standard InChI is InChI=1S/C16H23FN2O4S/c1-7-11-8-12(9-13(17)14(11)19-24(6,21)22)10(2)18-15(20)23-16(3,4)5/h7-10,19H,1H2,2-6H3,(H,18,20). The Bertz CT molecular complexity index is 739. The maximum atomic E-state index is 14.3. The number of hydrogen-bond donors (Lipinski definition) is 2. The first-order valence-corrected chi connectivity index (χ1v) is 9.14. The Morgan fingerprint density at radius 1 is 1.38 bits per heavy atom. The molecule has 1 aromatic rings. The number of benzene rings is 1. The lowest BCUT2D eigenvalue weighted by molar-refractivity contribution is 0.0508. The van der Waals surface area contributed by atoms with E-state index < -0.39 is 33.6 Å². The van der Waals surface area contributed by atoms with Crippen LogP contribution in [0.2, 0.25) is 0 Å². The van der Waals surface area contributed by atoms with E-state index in [2.05, 4.69) is 16.6 Å². The van der Waals surface area contributed by atoms with E-state index in [9.17, 15) is 17.6 Å². The van der Waals surface area contributed by atoms with Gasteiger partial charge in [-0.2, -0.15) is 0 Å². The molecule has 0 aliphatic heterocycles. The normalized spacial score (nSPS) is 13.1. The molecule has 1 aromatic carbocycles. The molecule has 134 valence electrons. The van der Waals surface area contributed by atoms with Crippen molar-refractivity contribution in [3.05, 3.63) is 35.7 Å². The second kappa shape index (κ2) is 7.21. The van der Waals surface area contributed by atoms with Gasteiger partial charge in [0.2, 0.25) is 10.0 Å². The van der Waals surface area contributed by atoms with E-state index in [1.807, 2.05) is 0 Å². The number of carbonyl (C=O) groups is 1. The predicted octanol–water partition coefficient (Wildman–Crippen LogP) is 3.43. The van der Waals surface area contributed by atoms with Crippen LogP contribution in [0.5, 0.6) is 0 Å². The molecule has 1 atom stereocenters. The number of halogens is 1. The van der Waals surface area contributed by atoms with Crippen LogP contribution in [0, 0.1) is 5.82 Å².